The molecule has 0 saturated heterocycles. The maximum atomic E-state index is 12.1. The van der Waals surface area contributed by atoms with Crippen LogP contribution in [0.25, 0.3) is 0 Å². The minimum atomic E-state index is -0.286. The Kier molecular flexibility index (Phi) is 7.04. The van der Waals surface area contributed by atoms with E-state index >= 15 is 0 Å². The van der Waals surface area contributed by atoms with E-state index < -0.39 is 0 Å². The van der Waals surface area contributed by atoms with Crippen molar-refractivity contribution in [1.29, 1.82) is 0 Å². The molecule has 0 saturated carbocycles. The van der Waals surface area contributed by atoms with E-state index in [1.807, 2.05) is 19.1 Å². The van der Waals surface area contributed by atoms with Crippen LogP contribution in [0.5, 0.6) is 11.5 Å². The fraction of sp³-hybridized carbons (Fsp3) is 0.176. The Morgan fingerprint density at radius 3 is 2.79 bits per heavy atom. The van der Waals surface area contributed by atoms with Gasteiger partial charge in [-0.05, 0) is 75.3 Å². The lowest BCUT2D eigenvalue weighted by molar-refractivity contribution is 0.0954. The standard InChI is InChI=1S/C17H16BrIN2O3/c1-3-24-16-14(19)8-11(9-15(16)23-2)10-20-21-17(22)12-6-4-5-7-13(12)18/h4-10H,3H2,1-2H3,(H,21,22)/b20-10-. The second-order valence-corrected chi connectivity index (χ2v) is 6.66. The third-order valence-electron chi connectivity index (χ3n) is 3.04. The maximum absolute atomic E-state index is 12.1. The molecule has 0 fully saturated rings. The van der Waals surface area contributed by atoms with Crippen LogP contribution >= 0.6 is 38.5 Å². The van der Waals surface area contributed by atoms with Gasteiger partial charge in [0.2, 0.25) is 0 Å². The lowest BCUT2D eigenvalue weighted by Gasteiger charge is -2.12. The highest BCUT2D eigenvalue weighted by atomic mass is 127. The molecule has 24 heavy (non-hydrogen) atoms. The largest absolute Gasteiger partial charge is 0.493 e. The van der Waals surface area contributed by atoms with Crippen LogP contribution in [-0.2, 0) is 0 Å². The number of nitrogens with zero attached hydrogens (tertiary/aromatic N) is 1. The maximum Gasteiger partial charge on any atom is 0.272 e. The first-order chi connectivity index (χ1) is 11.6. The van der Waals surface area contributed by atoms with E-state index in [1.54, 1.807) is 37.6 Å². The molecule has 0 aliphatic rings. The van der Waals surface area contributed by atoms with Crippen LogP contribution < -0.4 is 14.9 Å². The van der Waals surface area contributed by atoms with E-state index in [2.05, 4.69) is 49.0 Å². The van der Waals surface area contributed by atoms with Crippen LogP contribution in [0, 0.1) is 3.57 Å². The molecule has 0 aliphatic carbocycles. The van der Waals surface area contributed by atoms with Crippen molar-refractivity contribution >= 4 is 50.6 Å². The average Bonchev–Trinajstić information content (AvgIpc) is 2.57. The zero-order chi connectivity index (χ0) is 17.5. The number of carbonyl (C=O) groups is 1. The summed E-state index contributed by atoms with van der Waals surface area (Å²) in [5.41, 5.74) is 3.83. The van der Waals surface area contributed by atoms with Gasteiger partial charge in [0.15, 0.2) is 11.5 Å². The normalized spacial score (nSPS) is 10.7. The Morgan fingerprint density at radius 1 is 1.38 bits per heavy atom. The van der Waals surface area contributed by atoms with Crippen molar-refractivity contribution in [3.63, 3.8) is 0 Å². The number of hydrogen-bond acceptors (Lipinski definition) is 4. The van der Waals surface area contributed by atoms with Gasteiger partial charge in [-0.2, -0.15) is 5.10 Å². The Labute approximate surface area is 162 Å². The minimum absolute atomic E-state index is 0.286. The van der Waals surface area contributed by atoms with Gasteiger partial charge in [0.05, 0.1) is 29.1 Å². The van der Waals surface area contributed by atoms with E-state index in [4.69, 9.17) is 9.47 Å². The summed E-state index contributed by atoms with van der Waals surface area (Å²) in [6.45, 7) is 2.48. The molecule has 0 aliphatic heterocycles. The van der Waals surface area contributed by atoms with Crippen LogP contribution in [-0.4, -0.2) is 25.8 Å². The predicted octanol–water partition coefficient (Wildman–Crippen LogP) is 4.22. The topological polar surface area (TPSA) is 59.9 Å². The molecule has 1 N–H and O–H groups in total. The summed E-state index contributed by atoms with van der Waals surface area (Å²) in [6.07, 6.45) is 1.56. The molecule has 5 nitrogen and oxygen atoms in total. The van der Waals surface area contributed by atoms with E-state index in [0.717, 1.165) is 13.6 Å². The minimum Gasteiger partial charge on any atom is -0.493 e. The molecule has 0 unspecified atom stereocenters. The predicted molar refractivity (Wildman–Crippen MR) is 106 cm³/mol. The fourth-order valence-corrected chi connectivity index (χ4v) is 3.22. The van der Waals surface area contributed by atoms with Gasteiger partial charge in [-0.1, -0.05) is 12.1 Å². The Hall–Kier alpha value is -1.61. The molecule has 2 aromatic rings. The molecule has 2 rings (SSSR count). The second kappa shape index (κ2) is 9.03. The summed E-state index contributed by atoms with van der Waals surface area (Å²) < 4.78 is 12.5. The monoisotopic (exact) mass is 502 g/mol. The molecule has 0 atom stereocenters. The zero-order valence-corrected chi connectivity index (χ0v) is 16.9. The lowest BCUT2D eigenvalue weighted by Crippen LogP contribution is -2.18. The molecule has 0 heterocycles. The van der Waals surface area contributed by atoms with Crippen molar-refractivity contribution < 1.29 is 14.3 Å². The molecule has 126 valence electrons. The third kappa shape index (κ3) is 4.70. The van der Waals surface area contributed by atoms with Gasteiger partial charge in [-0.3, -0.25) is 4.79 Å². The van der Waals surface area contributed by atoms with Gasteiger partial charge in [0.25, 0.3) is 5.91 Å². The molecular formula is C17H16BrIN2O3. The van der Waals surface area contributed by atoms with Crippen molar-refractivity contribution in [2.45, 2.75) is 6.92 Å². The van der Waals surface area contributed by atoms with Gasteiger partial charge >= 0.3 is 0 Å². The smallest absolute Gasteiger partial charge is 0.272 e. The number of ether oxygens (including phenoxy) is 2. The Bertz CT molecular complexity index is 765. The summed E-state index contributed by atoms with van der Waals surface area (Å²) in [5, 5.41) is 4.01. The van der Waals surface area contributed by atoms with Crippen LogP contribution in [0.2, 0.25) is 0 Å². The van der Waals surface area contributed by atoms with E-state index in [1.165, 1.54) is 0 Å². The number of amides is 1. The molecule has 2 aromatic carbocycles. The zero-order valence-electron chi connectivity index (χ0n) is 13.2. The fourth-order valence-electron chi connectivity index (χ4n) is 1.97. The van der Waals surface area contributed by atoms with Gasteiger partial charge in [-0.15, -0.1) is 0 Å². The molecule has 0 bridgehead atoms. The number of nitrogens with one attached hydrogen (secondary N) is 1. The van der Waals surface area contributed by atoms with Crippen molar-refractivity contribution in [3.05, 3.63) is 55.6 Å². The highest BCUT2D eigenvalue weighted by Gasteiger charge is 2.11. The van der Waals surface area contributed by atoms with E-state index in [-0.39, 0.29) is 5.91 Å². The summed E-state index contributed by atoms with van der Waals surface area (Å²) >= 11 is 5.52. The third-order valence-corrected chi connectivity index (χ3v) is 4.53. The summed E-state index contributed by atoms with van der Waals surface area (Å²) in [5.74, 6) is 1.05. The molecular weight excluding hydrogens is 487 g/mol. The summed E-state index contributed by atoms with van der Waals surface area (Å²) in [7, 11) is 1.59. The first-order valence-corrected chi connectivity index (χ1v) is 9.02. The van der Waals surface area contributed by atoms with E-state index in [9.17, 15) is 4.79 Å². The average molecular weight is 503 g/mol. The lowest BCUT2D eigenvalue weighted by atomic mass is 10.2. The van der Waals surface area contributed by atoms with Crippen molar-refractivity contribution in [3.8, 4) is 11.5 Å². The van der Waals surface area contributed by atoms with Gasteiger partial charge in [0.1, 0.15) is 0 Å². The SMILES string of the molecule is CCOc1c(I)cc(/C=N\NC(=O)c2ccccc2Br)cc1OC. The molecule has 0 spiro atoms. The van der Waals surface area contributed by atoms with Crippen LogP contribution in [0.3, 0.4) is 0 Å². The summed E-state index contributed by atoms with van der Waals surface area (Å²) in [6, 6.07) is 10.9. The second-order valence-electron chi connectivity index (χ2n) is 4.65. The Balaban J connectivity index is 2.13. The van der Waals surface area contributed by atoms with Gasteiger partial charge in [-0.25, -0.2) is 5.43 Å². The van der Waals surface area contributed by atoms with Gasteiger partial charge < -0.3 is 9.47 Å². The number of benzene rings is 2. The molecule has 0 radical (unpaired) electrons. The van der Waals surface area contributed by atoms with Crippen LogP contribution in [0.15, 0.2) is 46.0 Å². The van der Waals surface area contributed by atoms with Gasteiger partial charge in [0, 0.05) is 4.47 Å². The number of carbonyl (C=O) groups excluding carboxylic acids is 1. The number of methoxy groups -OCH3 is 1. The number of hydrazone groups is 1. The number of halogens is 2. The van der Waals surface area contributed by atoms with Crippen molar-refractivity contribution in [2.75, 3.05) is 13.7 Å². The Morgan fingerprint density at radius 2 is 2.12 bits per heavy atom. The number of hydrogen-bond donors (Lipinski definition) is 1. The first kappa shape index (κ1) is 18.7. The van der Waals surface area contributed by atoms with Crippen LogP contribution in [0.4, 0.5) is 0 Å². The molecule has 7 heteroatoms. The van der Waals surface area contributed by atoms with Crippen molar-refractivity contribution in [2.24, 2.45) is 5.10 Å². The highest BCUT2D eigenvalue weighted by Crippen LogP contribution is 2.33. The molecule has 1 amide bonds. The van der Waals surface area contributed by atoms with E-state index in [0.29, 0.717) is 23.7 Å². The summed E-state index contributed by atoms with van der Waals surface area (Å²) in [4.78, 5) is 12.1. The quantitative estimate of drug-likeness (QED) is 0.365. The first-order valence-electron chi connectivity index (χ1n) is 7.15. The highest BCUT2D eigenvalue weighted by molar-refractivity contribution is 14.1. The van der Waals surface area contributed by atoms with Crippen LogP contribution in [0.1, 0.15) is 22.8 Å². The number of rotatable bonds is 6. The molecule has 0 aromatic heterocycles. The van der Waals surface area contributed by atoms with Crippen molar-refractivity contribution in [1.82, 2.24) is 5.43 Å².